The van der Waals surface area contributed by atoms with Crippen molar-refractivity contribution in [2.45, 2.75) is 42.8 Å². The Morgan fingerprint density at radius 1 is 1.10 bits per heavy atom. The number of nitrogens with one attached hydrogen (secondary N) is 2. The summed E-state index contributed by atoms with van der Waals surface area (Å²) in [4.78, 5) is 15.2. The minimum absolute atomic E-state index is 0.0501. The Balaban J connectivity index is 1.32. The van der Waals surface area contributed by atoms with Crippen LogP contribution in [-0.2, 0) is 21.3 Å². The zero-order chi connectivity index (χ0) is 21.7. The van der Waals surface area contributed by atoms with Gasteiger partial charge in [0.05, 0.1) is 11.0 Å². The highest BCUT2D eigenvalue weighted by molar-refractivity contribution is 7.89. The number of carbonyl (C=O) groups excluding carboxylic acids is 1. The lowest BCUT2D eigenvalue weighted by Gasteiger charge is -2.17. The number of hydrogen-bond acceptors (Lipinski definition) is 5. The fraction of sp³-hybridized carbons (Fsp3) is 0.435. The van der Waals surface area contributed by atoms with E-state index in [4.69, 9.17) is 4.74 Å². The molecular formula is C23H29N3O4S. The van der Waals surface area contributed by atoms with E-state index >= 15 is 0 Å². The zero-order valence-electron chi connectivity index (χ0n) is 17.5. The molecule has 2 aromatic carbocycles. The van der Waals surface area contributed by atoms with Crippen molar-refractivity contribution in [3.8, 4) is 0 Å². The summed E-state index contributed by atoms with van der Waals surface area (Å²) in [6.45, 7) is 3.48. The van der Waals surface area contributed by atoms with Crippen molar-refractivity contribution >= 4 is 15.9 Å². The lowest BCUT2D eigenvalue weighted by Crippen LogP contribution is -2.37. The molecule has 2 atom stereocenters. The Kier molecular flexibility index (Phi) is 7.02. The second-order valence-corrected chi connectivity index (χ2v) is 9.96. The molecule has 2 N–H and O–H groups in total. The number of nitrogens with zero attached hydrogens (tertiary/aromatic N) is 1. The van der Waals surface area contributed by atoms with Gasteiger partial charge in [-0.1, -0.05) is 36.4 Å². The van der Waals surface area contributed by atoms with Gasteiger partial charge in [0.1, 0.15) is 0 Å². The molecule has 1 amide bonds. The summed E-state index contributed by atoms with van der Waals surface area (Å²) in [5, 5.41) is 3.05. The van der Waals surface area contributed by atoms with Crippen LogP contribution < -0.4 is 10.0 Å². The summed E-state index contributed by atoms with van der Waals surface area (Å²) in [5.41, 5.74) is 1.60. The van der Waals surface area contributed by atoms with Crippen LogP contribution >= 0.6 is 0 Å². The van der Waals surface area contributed by atoms with Crippen molar-refractivity contribution in [2.75, 3.05) is 26.2 Å². The van der Waals surface area contributed by atoms with E-state index in [0.717, 1.165) is 38.9 Å². The molecule has 0 aromatic heterocycles. The number of sulfonamides is 1. The standard InChI is InChI=1S/C23H29N3O4S/c27-23(25-20-11-12-26(17-20)16-18-6-2-1-3-7-18)19-8-4-10-22(14-19)31(28,29)24-15-21-9-5-13-30-21/h1-4,6-8,10,14,20-21,24H,5,9,11-13,15-17H2,(H,25,27). The SMILES string of the molecule is O=C(NC1CCN(Cc2ccccc2)C1)c1cccc(S(=O)(=O)NCC2CCCO2)c1. The van der Waals surface area contributed by atoms with Gasteiger partial charge in [0, 0.05) is 44.4 Å². The van der Waals surface area contributed by atoms with Gasteiger partial charge in [0.2, 0.25) is 10.0 Å². The second kappa shape index (κ2) is 9.91. The number of ether oxygens (including phenoxy) is 1. The van der Waals surface area contributed by atoms with E-state index in [-0.39, 0.29) is 29.5 Å². The summed E-state index contributed by atoms with van der Waals surface area (Å²) in [7, 11) is -3.69. The summed E-state index contributed by atoms with van der Waals surface area (Å²) in [5.74, 6) is -0.247. The third kappa shape index (κ3) is 5.92. The van der Waals surface area contributed by atoms with Crippen molar-refractivity contribution < 1.29 is 17.9 Å². The van der Waals surface area contributed by atoms with Crippen LogP contribution in [0.1, 0.15) is 35.2 Å². The molecule has 0 radical (unpaired) electrons. The minimum Gasteiger partial charge on any atom is -0.377 e. The van der Waals surface area contributed by atoms with Gasteiger partial charge in [-0.2, -0.15) is 0 Å². The number of amides is 1. The maximum absolute atomic E-state index is 12.7. The zero-order valence-corrected chi connectivity index (χ0v) is 18.3. The molecule has 2 fully saturated rings. The lowest BCUT2D eigenvalue weighted by molar-refractivity contribution is 0.0937. The van der Waals surface area contributed by atoms with Gasteiger partial charge in [-0.15, -0.1) is 0 Å². The molecule has 0 bridgehead atoms. The predicted molar refractivity (Wildman–Crippen MR) is 118 cm³/mol. The van der Waals surface area contributed by atoms with Gasteiger partial charge in [-0.25, -0.2) is 13.1 Å². The molecular weight excluding hydrogens is 414 g/mol. The van der Waals surface area contributed by atoms with E-state index < -0.39 is 10.0 Å². The number of rotatable bonds is 8. The van der Waals surface area contributed by atoms with Crippen LogP contribution in [0.5, 0.6) is 0 Å². The van der Waals surface area contributed by atoms with Crippen LogP contribution in [0.15, 0.2) is 59.5 Å². The Morgan fingerprint density at radius 2 is 1.94 bits per heavy atom. The van der Waals surface area contributed by atoms with Crippen LogP contribution in [0.4, 0.5) is 0 Å². The summed E-state index contributed by atoms with van der Waals surface area (Å²) < 4.78 is 33.3. The van der Waals surface area contributed by atoms with Crippen LogP contribution in [0.25, 0.3) is 0 Å². The van der Waals surface area contributed by atoms with Crippen molar-refractivity contribution in [3.05, 3.63) is 65.7 Å². The Morgan fingerprint density at radius 3 is 2.71 bits per heavy atom. The van der Waals surface area contributed by atoms with Gasteiger partial charge in [0.15, 0.2) is 0 Å². The Bertz CT molecular complexity index is 991. The summed E-state index contributed by atoms with van der Waals surface area (Å²) in [6, 6.07) is 16.5. The molecule has 8 heteroatoms. The van der Waals surface area contributed by atoms with Gasteiger partial charge < -0.3 is 10.1 Å². The Labute approximate surface area is 183 Å². The molecule has 166 valence electrons. The Hall–Kier alpha value is -2.26. The second-order valence-electron chi connectivity index (χ2n) is 8.19. The summed E-state index contributed by atoms with van der Waals surface area (Å²) >= 11 is 0. The van der Waals surface area contributed by atoms with Gasteiger partial charge in [-0.3, -0.25) is 9.69 Å². The van der Waals surface area contributed by atoms with E-state index in [0.29, 0.717) is 12.2 Å². The third-order valence-electron chi connectivity index (χ3n) is 5.79. The molecule has 0 aliphatic carbocycles. The topological polar surface area (TPSA) is 87.7 Å². The smallest absolute Gasteiger partial charge is 0.251 e. The van der Waals surface area contributed by atoms with E-state index in [1.807, 2.05) is 18.2 Å². The molecule has 2 unspecified atom stereocenters. The van der Waals surface area contributed by atoms with Crippen molar-refractivity contribution in [2.24, 2.45) is 0 Å². The molecule has 2 saturated heterocycles. The lowest BCUT2D eigenvalue weighted by atomic mass is 10.2. The molecule has 4 rings (SSSR count). The first-order chi connectivity index (χ1) is 15.0. The molecule has 2 heterocycles. The van der Waals surface area contributed by atoms with Crippen LogP contribution in [0.2, 0.25) is 0 Å². The van der Waals surface area contributed by atoms with E-state index in [1.165, 1.54) is 17.7 Å². The van der Waals surface area contributed by atoms with Crippen molar-refractivity contribution in [3.63, 3.8) is 0 Å². The maximum atomic E-state index is 12.7. The minimum atomic E-state index is -3.69. The number of hydrogen-bond donors (Lipinski definition) is 2. The number of carbonyl (C=O) groups is 1. The highest BCUT2D eigenvalue weighted by atomic mass is 32.2. The largest absolute Gasteiger partial charge is 0.377 e. The number of benzene rings is 2. The van der Waals surface area contributed by atoms with Crippen molar-refractivity contribution in [1.82, 2.24) is 14.9 Å². The van der Waals surface area contributed by atoms with Crippen LogP contribution in [0, 0.1) is 0 Å². The third-order valence-corrected chi connectivity index (χ3v) is 7.21. The maximum Gasteiger partial charge on any atom is 0.251 e. The quantitative estimate of drug-likeness (QED) is 0.653. The van der Waals surface area contributed by atoms with E-state index in [2.05, 4.69) is 27.1 Å². The predicted octanol–water partition coefficient (Wildman–Crippen LogP) is 2.15. The monoisotopic (exact) mass is 443 g/mol. The van der Waals surface area contributed by atoms with Crippen LogP contribution in [0.3, 0.4) is 0 Å². The van der Waals surface area contributed by atoms with Gasteiger partial charge in [-0.05, 0) is 43.0 Å². The fourth-order valence-corrected chi connectivity index (χ4v) is 5.21. The normalized spacial score (nSPS) is 21.9. The number of likely N-dealkylation sites (tertiary alicyclic amines) is 1. The molecule has 7 nitrogen and oxygen atoms in total. The fourth-order valence-electron chi connectivity index (χ4n) is 4.10. The van der Waals surface area contributed by atoms with E-state index in [1.54, 1.807) is 12.1 Å². The molecule has 31 heavy (non-hydrogen) atoms. The molecule has 2 aromatic rings. The van der Waals surface area contributed by atoms with Gasteiger partial charge >= 0.3 is 0 Å². The highest BCUT2D eigenvalue weighted by Crippen LogP contribution is 2.17. The average Bonchev–Trinajstić information content (AvgIpc) is 3.45. The summed E-state index contributed by atoms with van der Waals surface area (Å²) in [6.07, 6.45) is 2.60. The van der Waals surface area contributed by atoms with Crippen molar-refractivity contribution in [1.29, 1.82) is 0 Å². The van der Waals surface area contributed by atoms with E-state index in [9.17, 15) is 13.2 Å². The molecule has 2 aliphatic rings. The van der Waals surface area contributed by atoms with Gasteiger partial charge in [0.25, 0.3) is 5.91 Å². The molecule has 0 saturated carbocycles. The first-order valence-electron chi connectivity index (χ1n) is 10.8. The molecule has 0 spiro atoms. The van der Waals surface area contributed by atoms with Crippen LogP contribution in [-0.4, -0.2) is 57.6 Å². The first-order valence-corrected chi connectivity index (χ1v) is 12.3. The average molecular weight is 444 g/mol. The molecule has 2 aliphatic heterocycles. The first kappa shape index (κ1) is 22.0. The highest BCUT2D eigenvalue weighted by Gasteiger charge is 2.25.